The maximum Gasteiger partial charge on any atom is 0.242 e. The van der Waals surface area contributed by atoms with Crippen LogP contribution in [0, 0.1) is 17.7 Å². The molecule has 2 atom stereocenters. The Balaban J connectivity index is 1.50. The summed E-state index contributed by atoms with van der Waals surface area (Å²) in [7, 11) is 0. The van der Waals surface area contributed by atoms with Gasteiger partial charge in [-0.1, -0.05) is 26.3 Å². The van der Waals surface area contributed by atoms with Gasteiger partial charge < -0.3 is 14.5 Å². The first kappa shape index (κ1) is 22.8. The zero-order valence-corrected chi connectivity index (χ0v) is 19.6. The predicted octanol–water partition coefficient (Wildman–Crippen LogP) is 4.68. The summed E-state index contributed by atoms with van der Waals surface area (Å²) in [6.07, 6.45) is 3.62. The molecule has 1 aliphatic heterocycles. The maximum absolute atomic E-state index is 13.6. The normalized spacial score (nSPS) is 18.7. The van der Waals surface area contributed by atoms with E-state index in [1.807, 2.05) is 16.3 Å². The van der Waals surface area contributed by atoms with E-state index in [1.54, 1.807) is 28.4 Å². The van der Waals surface area contributed by atoms with Crippen LogP contribution >= 0.6 is 11.3 Å². The van der Waals surface area contributed by atoms with E-state index in [1.165, 1.54) is 17.0 Å². The van der Waals surface area contributed by atoms with Crippen LogP contribution in [0.15, 0.2) is 35.7 Å². The molecule has 2 amide bonds. The number of halogens is 1. The third-order valence-corrected chi connectivity index (χ3v) is 7.41. The Morgan fingerprint density at radius 1 is 1.31 bits per heavy atom. The lowest BCUT2D eigenvalue weighted by molar-refractivity contribution is -0.143. The molecule has 0 bridgehead atoms. The van der Waals surface area contributed by atoms with Gasteiger partial charge >= 0.3 is 0 Å². The summed E-state index contributed by atoms with van der Waals surface area (Å²) < 4.78 is 19.5. The molecule has 0 saturated heterocycles. The van der Waals surface area contributed by atoms with E-state index >= 15 is 0 Å². The van der Waals surface area contributed by atoms with Crippen LogP contribution < -0.4 is 4.74 Å². The van der Waals surface area contributed by atoms with E-state index in [4.69, 9.17) is 4.74 Å². The van der Waals surface area contributed by atoms with Crippen molar-refractivity contribution in [1.82, 2.24) is 9.80 Å². The largest absolute Gasteiger partial charge is 0.491 e. The molecule has 2 unspecified atom stereocenters. The molecule has 172 valence electrons. The molecule has 7 heteroatoms. The topological polar surface area (TPSA) is 49.9 Å². The van der Waals surface area contributed by atoms with Gasteiger partial charge in [-0.15, -0.1) is 11.3 Å². The van der Waals surface area contributed by atoms with Gasteiger partial charge in [-0.2, -0.15) is 0 Å². The lowest BCUT2D eigenvalue weighted by atomic mass is 10.00. The number of thiophene rings is 1. The van der Waals surface area contributed by atoms with Crippen LogP contribution in [0.5, 0.6) is 5.75 Å². The van der Waals surface area contributed by atoms with Crippen molar-refractivity contribution < 1.29 is 18.7 Å². The average molecular weight is 459 g/mol. The number of benzene rings is 1. The quantitative estimate of drug-likeness (QED) is 0.548. The highest BCUT2D eigenvalue weighted by Crippen LogP contribution is 2.35. The molecule has 5 nitrogen and oxygen atoms in total. The molecule has 4 rings (SSSR count). The molecular formula is C25H31FN2O3S. The van der Waals surface area contributed by atoms with E-state index in [-0.39, 0.29) is 42.7 Å². The van der Waals surface area contributed by atoms with Gasteiger partial charge in [-0.05, 0) is 54.3 Å². The maximum atomic E-state index is 13.6. The summed E-state index contributed by atoms with van der Waals surface area (Å²) in [5.41, 5.74) is 1.09. The Labute approximate surface area is 193 Å². The van der Waals surface area contributed by atoms with Crippen LogP contribution in [-0.2, 0) is 16.0 Å². The third kappa shape index (κ3) is 5.31. The van der Waals surface area contributed by atoms with Crippen molar-refractivity contribution in [1.29, 1.82) is 0 Å². The fourth-order valence-corrected chi connectivity index (χ4v) is 5.12. The second-order valence-electron chi connectivity index (χ2n) is 8.93. The first-order chi connectivity index (χ1) is 15.5. The number of carbonyl (C=O) groups is 2. The molecule has 1 aromatic heterocycles. The minimum absolute atomic E-state index is 0.0491. The highest BCUT2D eigenvalue weighted by molar-refractivity contribution is 7.10. The number of amides is 2. The number of hydrogen-bond donors (Lipinski definition) is 0. The van der Waals surface area contributed by atoms with Crippen LogP contribution in [-0.4, -0.2) is 47.9 Å². The zero-order chi connectivity index (χ0) is 22.7. The Morgan fingerprint density at radius 3 is 2.84 bits per heavy atom. The van der Waals surface area contributed by atoms with Crippen molar-refractivity contribution in [2.45, 2.75) is 45.6 Å². The van der Waals surface area contributed by atoms with E-state index < -0.39 is 0 Å². The number of carbonyl (C=O) groups excluding carboxylic acids is 2. The summed E-state index contributed by atoms with van der Waals surface area (Å²) in [4.78, 5) is 31.2. The summed E-state index contributed by atoms with van der Waals surface area (Å²) in [6, 6.07) is 7.86. The van der Waals surface area contributed by atoms with Crippen molar-refractivity contribution in [3.8, 4) is 5.75 Å². The van der Waals surface area contributed by atoms with Gasteiger partial charge in [0.05, 0.1) is 12.6 Å². The number of fused-ring (bicyclic) bond motifs is 1. The third-order valence-electron chi connectivity index (χ3n) is 6.41. The summed E-state index contributed by atoms with van der Waals surface area (Å²) in [5.74, 6) is 0.592. The number of nitrogens with zero attached hydrogens (tertiary/aromatic N) is 2. The van der Waals surface area contributed by atoms with Crippen molar-refractivity contribution in [2.24, 2.45) is 11.8 Å². The predicted molar refractivity (Wildman–Crippen MR) is 123 cm³/mol. The molecule has 1 fully saturated rings. The first-order valence-corrected chi connectivity index (χ1v) is 12.4. The summed E-state index contributed by atoms with van der Waals surface area (Å²) >= 11 is 1.69. The molecule has 2 aliphatic rings. The van der Waals surface area contributed by atoms with Gasteiger partial charge in [0.1, 0.15) is 18.2 Å². The van der Waals surface area contributed by atoms with Crippen LogP contribution in [0.4, 0.5) is 4.39 Å². The van der Waals surface area contributed by atoms with Crippen LogP contribution in [0.1, 0.15) is 49.6 Å². The van der Waals surface area contributed by atoms with E-state index in [9.17, 15) is 14.0 Å². The fourth-order valence-electron chi connectivity index (χ4n) is 4.19. The standard InChI is InChI=1S/C25H31FN2O3S/c1-3-17(2)14-27(25(30)18-7-8-18)15-24(29)28-11-9-23-21(10-12-32-23)22(28)16-31-20-6-4-5-19(26)13-20/h4-6,10,12-13,17-18,22H,3,7-9,11,14-16H2,1-2H3. The minimum atomic E-state index is -0.352. The highest BCUT2D eigenvalue weighted by Gasteiger charge is 2.37. The molecule has 1 saturated carbocycles. The number of hydrogen-bond acceptors (Lipinski definition) is 4. The molecule has 0 N–H and O–H groups in total. The molecule has 1 aliphatic carbocycles. The van der Waals surface area contributed by atoms with Crippen LogP contribution in [0.2, 0.25) is 0 Å². The van der Waals surface area contributed by atoms with Crippen LogP contribution in [0.25, 0.3) is 0 Å². The lowest BCUT2D eigenvalue weighted by Gasteiger charge is -2.37. The van der Waals surface area contributed by atoms with E-state index in [2.05, 4.69) is 13.8 Å². The van der Waals surface area contributed by atoms with Crippen molar-refractivity contribution >= 4 is 23.2 Å². The van der Waals surface area contributed by atoms with Gasteiger partial charge in [-0.25, -0.2) is 4.39 Å². The second kappa shape index (κ2) is 10.0. The minimum Gasteiger partial charge on any atom is -0.491 e. The van der Waals surface area contributed by atoms with Gasteiger partial charge in [-0.3, -0.25) is 9.59 Å². The molecule has 0 spiro atoms. The zero-order valence-electron chi connectivity index (χ0n) is 18.8. The number of rotatable bonds is 9. The Kier molecular flexibility index (Phi) is 7.13. The lowest BCUT2D eigenvalue weighted by Crippen LogP contribution is -2.48. The van der Waals surface area contributed by atoms with E-state index in [0.29, 0.717) is 24.8 Å². The fraction of sp³-hybridized carbons (Fsp3) is 0.520. The van der Waals surface area contributed by atoms with Crippen LogP contribution in [0.3, 0.4) is 0 Å². The van der Waals surface area contributed by atoms with Gasteiger partial charge in [0.15, 0.2) is 0 Å². The van der Waals surface area contributed by atoms with Gasteiger partial charge in [0, 0.05) is 30.0 Å². The summed E-state index contributed by atoms with van der Waals surface area (Å²) in [6.45, 7) is 5.79. The first-order valence-electron chi connectivity index (χ1n) is 11.5. The Hall–Kier alpha value is -2.41. The average Bonchev–Trinajstić information content (AvgIpc) is 3.52. The monoisotopic (exact) mass is 458 g/mol. The summed E-state index contributed by atoms with van der Waals surface area (Å²) in [5, 5.41) is 2.04. The van der Waals surface area contributed by atoms with Crippen molar-refractivity contribution in [3.05, 3.63) is 52.0 Å². The smallest absolute Gasteiger partial charge is 0.242 e. The number of ether oxygens (including phenoxy) is 1. The van der Waals surface area contributed by atoms with Crippen molar-refractivity contribution in [2.75, 3.05) is 26.2 Å². The molecule has 2 heterocycles. The molecule has 32 heavy (non-hydrogen) atoms. The highest BCUT2D eigenvalue weighted by atomic mass is 32.1. The molecule has 0 radical (unpaired) electrons. The molecular weight excluding hydrogens is 427 g/mol. The Bertz CT molecular complexity index is 958. The molecule has 2 aromatic rings. The van der Waals surface area contributed by atoms with E-state index in [0.717, 1.165) is 31.2 Å². The van der Waals surface area contributed by atoms with Crippen molar-refractivity contribution in [3.63, 3.8) is 0 Å². The van der Waals surface area contributed by atoms with Gasteiger partial charge in [0.2, 0.25) is 11.8 Å². The SMILES string of the molecule is CCC(C)CN(CC(=O)N1CCc2sccc2C1COc1cccc(F)c1)C(=O)C1CC1. The second-order valence-corrected chi connectivity index (χ2v) is 9.93. The molecule has 1 aromatic carbocycles. The van der Waals surface area contributed by atoms with Gasteiger partial charge in [0.25, 0.3) is 0 Å². The Morgan fingerprint density at radius 2 is 2.12 bits per heavy atom.